The first kappa shape index (κ1) is 20.4. The Balaban J connectivity index is 1.77. The van der Waals surface area contributed by atoms with Crippen LogP contribution in [-0.2, 0) is 4.79 Å². The van der Waals surface area contributed by atoms with Gasteiger partial charge in [0, 0.05) is 32.6 Å². The minimum Gasteiger partial charge on any atom is -0.341 e. The number of hydrogen-bond acceptors (Lipinski definition) is 2. The minimum absolute atomic E-state index is 0.111. The monoisotopic (exact) mass is 362 g/mol. The van der Waals surface area contributed by atoms with Gasteiger partial charge in [0.2, 0.25) is 5.91 Å². The molecule has 5 heteroatoms. The lowest BCUT2D eigenvalue weighted by atomic mass is 10.1. The Hall–Kier alpha value is -1.91. The lowest BCUT2D eigenvalue weighted by Gasteiger charge is -2.22. The maximum atomic E-state index is 13.8. The summed E-state index contributed by atoms with van der Waals surface area (Å²) in [5, 5.41) is 0. The summed E-state index contributed by atoms with van der Waals surface area (Å²) in [6.45, 7) is 4.44. The SMILES string of the molecule is CCCCCCCCC(=O)N1CCCN(C(=O)c2ccccc2F)CC1. The summed E-state index contributed by atoms with van der Waals surface area (Å²) in [6, 6.07) is 6.08. The predicted molar refractivity (Wildman–Crippen MR) is 101 cm³/mol. The van der Waals surface area contributed by atoms with Crippen LogP contribution in [0.1, 0.15) is 68.6 Å². The Labute approximate surface area is 156 Å². The molecule has 0 aromatic heterocycles. The van der Waals surface area contributed by atoms with Crippen molar-refractivity contribution in [3.63, 3.8) is 0 Å². The fourth-order valence-corrected chi connectivity index (χ4v) is 3.39. The molecule has 1 aliphatic heterocycles. The fraction of sp³-hybridized carbons (Fsp3) is 0.619. The molecular weight excluding hydrogens is 331 g/mol. The molecule has 1 aromatic rings. The van der Waals surface area contributed by atoms with Crippen molar-refractivity contribution < 1.29 is 14.0 Å². The second-order valence-electron chi connectivity index (χ2n) is 7.02. The van der Waals surface area contributed by atoms with Crippen molar-refractivity contribution in [2.75, 3.05) is 26.2 Å². The Kier molecular flexibility index (Phi) is 8.59. The van der Waals surface area contributed by atoms with Crippen molar-refractivity contribution in [2.45, 2.75) is 58.3 Å². The molecule has 1 aromatic carbocycles. The van der Waals surface area contributed by atoms with Crippen molar-refractivity contribution in [2.24, 2.45) is 0 Å². The Morgan fingerprint density at radius 3 is 2.35 bits per heavy atom. The summed E-state index contributed by atoms with van der Waals surface area (Å²) < 4.78 is 13.8. The molecule has 26 heavy (non-hydrogen) atoms. The number of carbonyl (C=O) groups excluding carboxylic acids is 2. The largest absolute Gasteiger partial charge is 0.341 e. The highest BCUT2D eigenvalue weighted by Gasteiger charge is 2.23. The zero-order valence-electron chi connectivity index (χ0n) is 15.9. The first-order chi connectivity index (χ1) is 12.6. The summed E-state index contributed by atoms with van der Waals surface area (Å²) in [5.74, 6) is -0.591. The van der Waals surface area contributed by atoms with Gasteiger partial charge < -0.3 is 9.80 Å². The molecular formula is C21H31FN2O2. The van der Waals surface area contributed by atoms with Gasteiger partial charge in [-0.25, -0.2) is 4.39 Å². The molecule has 0 spiro atoms. The summed E-state index contributed by atoms with van der Waals surface area (Å²) in [5.41, 5.74) is 0.111. The van der Waals surface area contributed by atoms with Crippen LogP contribution in [0, 0.1) is 5.82 Å². The fourth-order valence-electron chi connectivity index (χ4n) is 3.39. The van der Waals surface area contributed by atoms with E-state index in [9.17, 15) is 14.0 Å². The lowest BCUT2D eigenvalue weighted by molar-refractivity contribution is -0.131. The Morgan fingerprint density at radius 1 is 0.923 bits per heavy atom. The van der Waals surface area contributed by atoms with E-state index in [1.807, 2.05) is 4.90 Å². The highest BCUT2D eigenvalue weighted by atomic mass is 19.1. The molecule has 0 atom stereocenters. The zero-order valence-corrected chi connectivity index (χ0v) is 15.9. The molecule has 2 rings (SSSR count). The van der Waals surface area contributed by atoms with Crippen molar-refractivity contribution in [1.82, 2.24) is 9.80 Å². The first-order valence-corrected chi connectivity index (χ1v) is 9.95. The maximum absolute atomic E-state index is 13.8. The van der Waals surface area contributed by atoms with Gasteiger partial charge in [-0.05, 0) is 25.0 Å². The molecule has 0 N–H and O–H groups in total. The number of halogens is 1. The van der Waals surface area contributed by atoms with E-state index in [0.717, 1.165) is 19.3 Å². The van der Waals surface area contributed by atoms with Gasteiger partial charge in [0.25, 0.3) is 5.91 Å². The van der Waals surface area contributed by atoms with Gasteiger partial charge in [0.05, 0.1) is 5.56 Å². The second kappa shape index (κ2) is 10.9. The Bertz CT molecular complexity index is 591. The number of carbonyl (C=O) groups is 2. The molecule has 1 fully saturated rings. The van der Waals surface area contributed by atoms with Crippen LogP contribution in [0.5, 0.6) is 0 Å². The molecule has 144 valence electrons. The van der Waals surface area contributed by atoms with Crippen LogP contribution in [0.4, 0.5) is 4.39 Å². The molecule has 1 saturated heterocycles. The topological polar surface area (TPSA) is 40.6 Å². The van der Waals surface area contributed by atoms with E-state index in [0.29, 0.717) is 32.6 Å². The summed E-state index contributed by atoms with van der Waals surface area (Å²) in [7, 11) is 0. The average molecular weight is 362 g/mol. The van der Waals surface area contributed by atoms with E-state index in [-0.39, 0.29) is 17.4 Å². The van der Waals surface area contributed by atoms with Crippen molar-refractivity contribution in [3.05, 3.63) is 35.6 Å². The standard InChI is InChI=1S/C21H31FN2O2/c1-2-3-4-5-6-7-13-20(25)23-14-10-15-24(17-16-23)21(26)18-11-8-9-12-19(18)22/h8-9,11-12H,2-7,10,13-17H2,1H3. The summed E-state index contributed by atoms with van der Waals surface area (Å²) in [6.07, 6.45) is 8.33. The van der Waals surface area contributed by atoms with Gasteiger partial charge in [0.15, 0.2) is 0 Å². The molecule has 0 bridgehead atoms. The molecule has 0 unspecified atom stereocenters. The van der Waals surface area contributed by atoms with Crippen LogP contribution < -0.4 is 0 Å². The molecule has 0 radical (unpaired) electrons. The van der Waals surface area contributed by atoms with Crippen molar-refractivity contribution in [3.8, 4) is 0 Å². The van der Waals surface area contributed by atoms with E-state index in [1.165, 1.54) is 37.8 Å². The van der Waals surface area contributed by atoms with Crippen LogP contribution in [0.25, 0.3) is 0 Å². The Morgan fingerprint density at radius 2 is 1.58 bits per heavy atom. The summed E-state index contributed by atoms with van der Waals surface area (Å²) in [4.78, 5) is 28.5. The third kappa shape index (κ3) is 6.11. The maximum Gasteiger partial charge on any atom is 0.256 e. The van der Waals surface area contributed by atoms with E-state index < -0.39 is 5.82 Å². The van der Waals surface area contributed by atoms with Gasteiger partial charge >= 0.3 is 0 Å². The van der Waals surface area contributed by atoms with Gasteiger partial charge in [0.1, 0.15) is 5.82 Å². The lowest BCUT2D eigenvalue weighted by Crippen LogP contribution is -2.37. The quantitative estimate of drug-likeness (QED) is 0.649. The predicted octanol–water partition coefficient (Wildman–Crippen LogP) is 4.25. The third-order valence-electron chi connectivity index (χ3n) is 4.98. The molecule has 0 saturated carbocycles. The molecule has 1 aliphatic rings. The van der Waals surface area contributed by atoms with Crippen molar-refractivity contribution in [1.29, 1.82) is 0 Å². The molecule has 0 aliphatic carbocycles. The first-order valence-electron chi connectivity index (χ1n) is 9.95. The highest BCUT2D eigenvalue weighted by Crippen LogP contribution is 2.14. The molecule has 4 nitrogen and oxygen atoms in total. The van der Waals surface area contributed by atoms with Gasteiger partial charge in [-0.1, -0.05) is 51.2 Å². The number of hydrogen-bond donors (Lipinski definition) is 0. The molecule has 1 heterocycles. The smallest absolute Gasteiger partial charge is 0.256 e. The van der Waals surface area contributed by atoms with E-state index in [1.54, 1.807) is 17.0 Å². The van der Waals surface area contributed by atoms with Crippen LogP contribution in [0.3, 0.4) is 0 Å². The third-order valence-corrected chi connectivity index (χ3v) is 4.98. The van der Waals surface area contributed by atoms with E-state index in [4.69, 9.17) is 0 Å². The second-order valence-corrected chi connectivity index (χ2v) is 7.02. The highest BCUT2D eigenvalue weighted by molar-refractivity contribution is 5.94. The molecule has 2 amide bonds. The summed E-state index contributed by atoms with van der Waals surface area (Å²) >= 11 is 0. The van der Waals surface area contributed by atoms with E-state index in [2.05, 4.69) is 6.92 Å². The van der Waals surface area contributed by atoms with Crippen molar-refractivity contribution >= 4 is 11.8 Å². The number of benzene rings is 1. The van der Waals surface area contributed by atoms with Crippen LogP contribution in [-0.4, -0.2) is 47.8 Å². The zero-order chi connectivity index (χ0) is 18.8. The van der Waals surface area contributed by atoms with Crippen LogP contribution in [0.15, 0.2) is 24.3 Å². The van der Waals surface area contributed by atoms with Gasteiger partial charge in [-0.2, -0.15) is 0 Å². The number of amides is 2. The number of unbranched alkanes of at least 4 members (excludes halogenated alkanes) is 5. The number of nitrogens with zero attached hydrogens (tertiary/aromatic N) is 2. The normalized spacial score (nSPS) is 15.0. The van der Waals surface area contributed by atoms with Crippen LogP contribution >= 0.6 is 0 Å². The van der Waals surface area contributed by atoms with Gasteiger partial charge in [-0.15, -0.1) is 0 Å². The van der Waals surface area contributed by atoms with Crippen LogP contribution in [0.2, 0.25) is 0 Å². The number of rotatable bonds is 8. The van der Waals surface area contributed by atoms with E-state index >= 15 is 0 Å². The minimum atomic E-state index is -0.488. The van der Waals surface area contributed by atoms with Gasteiger partial charge in [-0.3, -0.25) is 9.59 Å². The average Bonchev–Trinajstić information content (AvgIpc) is 2.90.